The lowest BCUT2D eigenvalue weighted by molar-refractivity contribution is -0.145. The smallest absolute Gasteiger partial charge is 0.310 e. The maximum atomic E-state index is 11.0. The molecule has 0 rings (SSSR count). The molecular weight excluding hydrogens is 158 g/mol. The molecule has 0 radical (unpaired) electrons. The van der Waals surface area contributed by atoms with Gasteiger partial charge in [-0.05, 0) is 13.8 Å². The van der Waals surface area contributed by atoms with E-state index in [1.165, 1.54) is 14.0 Å². The van der Waals surface area contributed by atoms with E-state index in [4.69, 9.17) is 0 Å². The van der Waals surface area contributed by atoms with Crippen LogP contribution in [0.3, 0.4) is 0 Å². The number of carbonyl (C=O) groups is 2. The van der Waals surface area contributed by atoms with Crippen LogP contribution in [0.5, 0.6) is 0 Å². The van der Waals surface area contributed by atoms with Crippen LogP contribution >= 0.6 is 0 Å². The number of hydrogen-bond donors (Lipinski definition) is 1. The predicted molar refractivity (Wildman–Crippen MR) is 44.5 cm³/mol. The number of carbonyl (C=O) groups excluding carboxylic acids is 2. The monoisotopic (exact) mass is 173 g/mol. The second-order valence-corrected chi connectivity index (χ2v) is 2.80. The number of ether oxygens (including phenoxy) is 1. The Labute approximate surface area is 72.3 Å². The maximum absolute atomic E-state index is 11.0. The largest absolute Gasteiger partial charge is 0.469 e. The zero-order valence-corrected chi connectivity index (χ0v) is 7.88. The van der Waals surface area contributed by atoms with Gasteiger partial charge in [-0.2, -0.15) is 0 Å². The molecule has 0 unspecified atom stereocenters. The van der Waals surface area contributed by atoms with Gasteiger partial charge in [-0.1, -0.05) is 0 Å². The molecule has 0 aromatic heterocycles. The highest BCUT2D eigenvalue weighted by Gasteiger charge is 2.20. The summed E-state index contributed by atoms with van der Waals surface area (Å²) in [5, 5.41) is 2.62. The molecule has 0 bridgehead atoms. The van der Waals surface area contributed by atoms with Crippen LogP contribution in [0.1, 0.15) is 20.8 Å². The standard InChI is InChI=1S/C8H15NO3/c1-5(8(11)12-4)6(2)9-7(3)10/h5-6H,1-4H3,(H,9,10)/t5-,6+/m1/s1. The Bertz CT molecular complexity index is 179. The molecule has 0 heterocycles. The van der Waals surface area contributed by atoms with E-state index in [0.29, 0.717) is 0 Å². The van der Waals surface area contributed by atoms with Crippen LogP contribution in [-0.4, -0.2) is 25.0 Å². The number of esters is 1. The summed E-state index contributed by atoms with van der Waals surface area (Å²) in [4.78, 5) is 21.6. The minimum atomic E-state index is -0.309. The van der Waals surface area contributed by atoms with Crippen LogP contribution in [0.4, 0.5) is 0 Å². The van der Waals surface area contributed by atoms with Crippen LogP contribution in [0.15, 0.2) is 0 Å². The van der Waals surface area contributed by atoms with Crippen LogP contribution in [-0.2, 0) is 14.3 Å². The zero-order chi connectivity index (χ0) is 9.72. The Kier molecular flexibility index (Phi) is 4.33. The van der Waals surface area contributed by atoms with E-state index >= 15 is 0 Å². The first-order chi connectivity index (χ1) is 5.49. The third-order valence-corrected chi connectivity index (χ3v) is 1.75. The lowest BCUT2D eigenvalue weighted by Crippen LogP contribution is -2.39. The molecule has 0 aliphatic carbocycles. The molecule has 0 fully saturated rings. The molecule has 0 aliphatic heterocycles. The SMILES string of the molecule is COC(=O)[C@H](C)[C@H](C)NC(C)=O. The van der Waals surface area contributed by atoms with Gasteiger partial charge in [0.05, 0.1) is 13.0 Å². The molecule has 70 valence electrons. The van der Waals surface area contributed by atoms with Gasteiger partial charge in [0.25, 0.3) is 0 Å². The highest BCUT2D eigenvalue weighted by Crippen LogP contribution is 2.03. The second-order valence-electron chi connectivity index (χ2n) is 2.80. The summed E-state index contributed by atoms with van der Waals surface area (Å²) in [5.41, 5.74) is 0. The molecule has 4 nitrogen and oxygen atoms in total. The fourth-order valence-corrected chi connectivity index (χ4v) is 0.836. The quantitative estimate of drug-likeness (QED) is 0.625. The number of nitrogens with one attached hydrogen (secondary N) is 1. The van der Waals surface area contributed by atoms with E-state index in [2.05, 4.69) is 10.1 Å². The van der Waals surface area contributed by atoms with Crippen molar-refractivity contribution in [1.29, 1.82) is 0 Å². The first-order valence-corrected chi connectivity index (χ1v) is 3.84. The highest BCUT2D eigenvalue weighted by molar-refractivity contribution is 5.76. The van der Waals surface area contributed by atoms with E-state index in [-0.39, 0.29) is 23.8 Å². The molecule has 0 aromatic rings. The lowest BCUT2D eigenvalue weighted by atomic mass is 10.0. The van der Waals surface area contributed by atoms with Gasteiger partial charge in [0.1, 0.15) is 0 Å². The van der Waals surface area contributed by atoms with Crippen molar-refractivity contribution in [3.05, 3.63) is 0 Å². The molecule has 1 N–H and O–H groups in total. The van der Waals surface area contributed by atoms with E-state index in [1.54, 1.807) is 13.8 Å². The number of amides is 1. The molecular formula is C8H15NO3. The Morgan fingerprint density at radius 2 is 1.83 bits per heavy atom. The maximum Gasteiger partial charge on any atom is 0.310 e. The molecule has 12 heavy (non-hydrogen) atoms. The summed E-state index contributed by atoms with van der Waals surface area (Å²) in [6.45, 7) is 4.90. The third-order valence-electron chi connectivity index (χ3n) is 1.75. The first-order valence-electron chi connectivity index (χ1n) is 3.84. The van der Waals surface area contributed by atoms with Gasteiger partial charge < -0.3 is 10.1 Å². The van der Waals surface area contributed by atoms with Gasteiger partial charge in [0, 0.05) is 13.0 Å². The molecule has 0 aliphatic rings. The van der Waals surface area contributed by atoms with Crippen LogP contribution in [0.2, 0.25) is 0 Å². The second kappa shape index (κ2) is 4.74. The van der Waals surface area contributed by atoms with E-state index < -0.39 is 0 Å². The van der Waals surface area contributed by atoms with Crippen LogP contribution in [0, 0.1) is 5.92 Å². The predicted octanol–water partition coefficient (Wildman–Crippen LogP) is 0.320. The molecule has 2 atom stereocenters. The average molecular weight is 173 g/mol. The number of methoxy groups -OCH3 is 1. The minimum absolute atomic E-state index is 0.141. The lowest BCUT2D eigenvalue weighted by Gasteiger charge is -2.17. The van der Waals surface area contributed by atoms with Gasteiger partial charge in [0.2, 0.25) is 5.91 Å². The molecule has 0 saturated carbocycles. The normalized spacial score (nSPS) is 14.7. The van der Waals surface area contributed by atoms with Gasteiger partial charge in [0.15, 0.2) is 0 Å². The van der Waals surface area contributed by atoms with Crippen LogP contribution in [0.25, 0.3) is 0 Å². The molecule has 1 amide bonds. The van der Waals surface area contributed by atoms with Gasteiger partial charge in [-0.3, -0.25) is 9.59 Å². The topological polar surface area (TPSA) is 55.4 Å². The first kappa shape index (κ1) is 10.9. The summed E-state index contributed by atoms with van der Waals surface area (Å²) in [7, 11) is 1.33. The third kappa shape index (κ3) is 3.37. The summed E-state index contributed by atoms with van der Waals surface area (Å²) in [6, 6.07) is -0.185. The highest BCUT2D eigenvalue weighted by atomic mass is 16.5. The van der Waals surface area contributed by atoms with Crippen molar-refractivity contribution in [2.75, 3.05) is 7.11 Å². The molecule has 0 spiro atoms. The van der Waals surface area contributed by atoms with Gasteiger partial charge >= 0.3 is 5.97 Å². The molecule has 4 heteroatoms. The minimum Gasteiger partial charge on any atom is -0.469 e. The van der Waals surface area contributed by atoms with Crippen molar-refractivity contribution in [2.24, 2.45) is 5.92 Å². The van der Waals surface area contributed by atoms with Gasteiger partial charge in [-0.15, -0.1) is 0 Å². The zero-order valence-electron chi connectivity index (χ0n) is 7.88. The Morgan fingerprint density at radius 1 is 1.33 bits per heavy atom. The van der Waals surface area contributed by atoms with Crippen molar-refractivity contribution in [3.8, 4) is 0 Å². The average Bonchev–Trinajstić information content (AvgIpc) is 2.00. The van der Waals surface area contributed by atoms with Crippen molar-refractivity contribution >= 4 is 11.9 Å². The molecule has 0 saturated heterocycles. The van der Waals surface area contributed by atoms with Crippen molar-refractivity contribution < 1.29 is 14.3 Å². The summed E-state index contributed by atoms with van der Waals surface area (Å²) in [6.07, 6.45) is 0. The summed E-state index contributed by atoms with van der Waals surface area (Å²) < 4.78 is 4.52. The Hall–Kier alpha value is -1.06. The Morgan fingerprint density at radius 3 is 2.17 bits per heavy atom. The van der Waals surface area contributed by atoms with E-state index in [0.717, 1.165) is 0 Å². The van der Waals surface area contributed by atoms with E-state index in [9.17, 15) is 9.59 Å². The summed E-state index contributed by atoms with van der Waals surface area (Å²) >= 11 is 0. The summed E-state index contributed by atoms with van der Waals surface area (Å²) in [5.74, 6) is -0.756. The van der Waals surface area contributed by atoms with E-state index in [1.807, 2.05) is 0 Å². The van der Waals surface area contributed by atoms with Crippen molar-refractivity contribution in [2.45, 2.75) is 26.8 Å². The van der Waals surface area contributed by atoms with Gasteiger partial charge in [-0.25, -0.2) is 0 Å². The molecule has 0 aromatic carbocycles. The van der Waals surface area contributed by atoms with Crippen molar-refractivity contribution in [3.63, 3.8) is 0 Å². The number of rotatable bonds is 3. The Balaban J connectivity index is 4.00. The number of hydrogen-bond acceptors (Lipinski definition) is 3. The fraction of sp³-hybridized carbons (Fsp3) is 0.750. The van der Waals surface area contributed by atoms with Crippen LogP contribution < -0.4 is 5.32 Å². The van der Waals surface area contributed by atoms with Crippen molar-refractivity contribution in [1.82, 2.24) is 5.32 Å². The fourth-order valence-electron chi connectivity index (χ4n) is 0.836.